The summed E-state index contributed by atoms with van der Waals surface area (Å²) in [4.78, 5) is 4.03. The van der Waals surface area contributed by atoms with Crippen molar-refractivity contribution in [3.05, 3.63) is 35.4 Å². The topological polar surface area (TPSA) is 64.4 Å². The van der Waals surface area contributed by atoms with E-state index in [1.54, 1.807) is 6.21 Å². The van der Waals surface area contributed by atoms with E-state index in [0.29, 0.717) is 6.42 Å². The highest BCUT2D eigenvalue weighted by molar-refractivity contribution is 5.83. The van der Waals surface area contributed by atoms with Gasteiger partial charge >= 0.3 is 0 Å². The summed E-state index contributed by atoms with van der Waals surface area (Å²) >= 11 is 0. The predicted molar refractivity (Wildman–Crippen MR) is 48.8 cm³/mol. The van der Waals surface area contributed by atoms with Crippen molar-refractivity contribution in [2.24, 2.45) is 16.5 Å². The zero-order chi connectivity index (χ0) is 8.60. The van der Waals surface area contributed by atoms with Gasteiger partial charge in [-0.15, -0.1) is 0 Å². The summed E-state index contributed by atoms with van der Waals surface area (Å²) in [6, 6.07) is 7.99. The quantitative estimate of drug-likeness (QED) is 0.535. The lowest BCUT2D eigenvalue weighted by atomic mass is 9.99. The Labute approximate surface area is 71.1 Å². The van der Waals surface area contributed by atoms with Crippen molar-refractivity contribution in [1.82, 2.24) is 0 Å². The van der Waals surface area contributed by atoms with Crippen LogP contribution in [0.1, 0.15) is 11.1 Å². The van der Waals surface area contributed by atoms with E-state index in [1.165, 1.54) is 0 Å². The van der Waals surface area contributed by atoms with E-state index in [4.69, 9.17) is 11.5 Å². The molecular formula is C9H11N3. The lowest BCUT2D eigenvalue weighted by Crippen LogP contribution is -2.51. The van der Waals surface area contributed by atoms with Crippen molar-refractivity contribution in [1.29, 1.82) is 0 Å². The first-order chi connectivity index (χ1) is 5.67. The molecule has 0 saturated heterocycles. The Bertz CT molecular complexity index is 328. The molecule has 3 heteroatoms. The van der Waals surface area contributed by atoms with Gasteiger partial charge in [-0.1, -0.05) is 24.3 Å². The molecule has 0 unspecified atom stereocenters. The van der Waals surface area contributed by atoms with Crippen LogP contribution in [-0.4, -0.2) is 12.0 Å². The zero-order valence-electron chi connectivity index (χ0n) is 6.70. The van der Waals surface area contributed by atoms with Crippen molar-refractivity contribution in [3.8, 4) is 0 Å². The number of hydrogen-bond donors (Lipinski definition) is 2. The first-order valence-corrected chi connectivity index (χ1v) is 3.88. The lowest BCUT2D eigenvalue weighted by Gasteiger charge is -2.24. The van der Waals surface area contributed by atoms with E-state index in [-0.39, 0.29) is 0 Å². The fraction of sp³-hybridized carbons (Fsp3) is 0.222. The molecule has 0 spiro atoms. The molecule has 1 heterocycles. The van der Waals surface area contributed by atoms with Gasteiger partial charge in [0.25, 0.3) is 0 Å². The molecule has 0 aliphatic carbocycles. The van der Waals surface area contributed by atoms with E-state index in [0.717, 1.165) is 11.1 Å². The highest BCUT2D eigenvalue weighted by Crippen LogP contribution is 2.16. The second-order valence-electron chi connectivity index (χ2n) is 3.13. The normalized spacial score (nSPS) is 18.8. The third-order valence-corrected chi connectivity index (χ3v) is 1.97. The largest absolute Gasteiger partial charge is 0.295 e. The Hall–Kier alpha value is -1.19. The molecule has 1 aliphatic rings. The van der Waals surface area contributed by atoms with Crippen LogP contribution in [0.25, 0.3) is 0 Å². The van der Waals surface area contributed by atoms with Crippen molar-refractivity contribution < 1.29 is 0 Å². The lowest BCUT2D eigenvalue weighted by molar-refractivity contribution is 0.459. The molecule has 1 aromatic carbocycles. The second kappa shape index (κ2) is 2.40. The van der Waals surface area contributed by atoms with Gasteiger partial charge in [0.05, 0.1) is 0 Å². The van der Waals surface area contributed by atoms with Gasteiger partial charge in [0, 0.05) is 12.6 Å². The molecule has 0 radical (unpaired) electrons. The molecule has 4 N–H and O–H groups in total. The van der Waals surface area contributed by atoms with Gasteiger partial charge in [-0.2, -0.15) is 0 Å². The van der Waals surface area contributed by atoms with Crippen LogP contribution in [-0.2, 0) is 6.42 Å². The molecule has 0 fully saturated rings. The highest BCUT2D eigenvalue weighted by atomic mass is 15.2. The molecule has 0 aromatic heterocycles. The van der Waals surface area contributed by atoms with Crippen LogP contribution in [0.5, 0.6) is 0 Å². The summed E-state index contributed by atoms with van der Waals surface area (Å²) in [6.07, 6.45) is 2.35. The third-order valence-electron chi connectivity index (χ3n) is 1.97. The molecular weight excluding hydrogens is 150 g/mol. The molecule has 2 rings (SSSR count). The first kappa shape index (κ1) is 7.46. The Morgan fingerprint density at radius 3 is 2.83 bits per heavy atom. The van der Waals surface area contributed by atoms with Crippen molar-refractivity contribution in [2.45, 2.75) is 12.2 Å². The molecule has 1 aliphatic heterocycles. The maximum atomic E-state index is 5.67. The van der Waals surface area contributed by atoms with Crippen LogP contribution in [0.2, 0.25) is 0 Å². The summed E-state index contributed by atoms with van der Waals surface area (Å²) in [6.45, 7) is 0. The maximum absolute atomic E-state index is 5.67. The Kier molecular flexibility index (Phi) is 1.49. The number of nitrogens with zero attached hydrogens (tertiary/aromatic N) is 1. The molecule has 0 atom stereocenters. The number of nitrogens with two attached hydrogens (primary N) is 2. The second-order valence-corrected chi connectivity index (χ2v) is 3.13. The number of rotatable bonds is 0. The number of aliphatic imine (C=N–C) groups is 1. The van der Waals surface area contributed by atoms with Crippen LogP contribution < -0.4 is 11.5 Å². The Morgan fingerprint density at radius 1 is 1.25 bits per heavy atom. The standard InChI is InChI=1S/C9H11N3/c10-9(11)5-7-3-1-2-4-8(7)6-12-9/h1-4,6H,5,10-11H2. The average Bonchev–Trinajstić information content (AvgIpc) is 2.02. The third kappa shape index (κ3) is 1.24. The first-order valence-electron chi connectivity index (χ1n) is 3.88. The fourth-order valence-electron chi connectivity index (χ4n) is 1.36. The summed E-state index contributed by atoms with van der Waals surface area (Å²) in [5.74, 6) is -0.908. The monoisotopic (exact) mass is 161 g/mol. The smallest absolute Gasteiger partial charge is 0.163 e. The summed E-state index contributed by atoms with van der Waals surface area (Å²) in [5.41, 5.74) is 13.6. The van der Waals surface area contributed by atoms with Crippen molar-refractivity contribution >= 4 is 6.21 Å². The highest BCUT2D eigenvalue weighted by Gasteiger charge is 2.21. The van der Waals surface area contributed by atoms with E-state index in [9.17, 15) is 0 Å². The minimum atomic E-state index is -0.908. The van der Waals surface area contributed by atoms with E-state index in [1.807, 2.05) is 24.3 Å². The maximum Gasteiger partial charge on any atom is 0.163 e. The van der Waals surface area contributed by atoms with Crippen molar-refractivity contribution in [2.75, 3.05) is 0 Å². The van der Waals surface area contributed by atoms with Gasteiger partial charge in [-0.25, -0.2) is 0 Å². The molecule has 0 saturated carbocycles. The Morgan fingerprint density at radius 2 is 2.00 bits per heavy atom. The van der Waals surface area contributed by atoms with Gasteiger partial charge in [-0.3, -0.25) is 16.5 Å². The van der Waals surface area contributed by atoms with E-state index >= 15 is 0 Å². The van der Waals surface area contributed by atoms with Crippen molar-refractivity contribution in [3.63, 3.8) is 0 Å². The van der Waals surface area contributed by atoms with E-state index in [2.05, 4.69) is 4.99 Å². The number of hydrogen-bond acceptors (Lipinski definition) is 3. The fourth-order valence-corrected chi connectivity index (χ4v) is 1.36. The minimum absolute atomic E-state index is 0.611. The summed E-state index contributed by atoms with van der Waals surface area (Å²) < 4.78 is 0. The van der Waals surface area contributed by atoms with Crippen LogP contribution >= 0.6 is 0 Å². The van der Waals surface area contributed by atoms with Crippen LogP contribution in [0, 0.1) is 0 Å². The molecule has 0 amide bonds. The van der Waals surface area contributed by atoms with Gasteiger partial charge in [0.15, 0.2) is 5.79 Å². The predicted octanol–water partition coefficient (Wildman–Crippen LogP) is 0.233. The number of fused-ring (bicyclic) bond motifs is 1. The van der Waals surface area contributed by atoms with Gasteiger partial charge in [-0.05, 0) is 11.1 Å². The van der Waals surface area contributed by atoms with E-state index < -0.39 is 5.79 Å². The summed E-state index contributed by atoms with van der Waals surface area (Å²) in [5, 5.41) is 0. The number of benzene rings is 1. The molecule has 3 nitrogen and oxygen atoms in total. The molecule has 1 aromatic rings. The summed E-state index contributed by atoms with van der Waals surface area (Å²) in [7, 11) is 0. The SMILES string of the molecule is NC1(N)Cc2ccccc2C=N1. The molecule has 0 bridgehead atoms. The van der Waals surface area contributed by atoms with Crippen LogP contribution in [0.4, 0.5) is 0 Å². The average molecular weight is 161 g/mol. The molecule has 12 heavy (non-hydrogen) atoms. The van der Waals surface area contributed by atoms with Gasteiger partial charge in [0.1, 0.15) is 0 Å². The zero-order valence-corrected chi connectivity index (χ0v) is 6.70. The Balaban J connectivity index is 2.46. The van der Waals surface area contributed by atoms with Gasteiger partial charge in [0.2, 0.25) is 0 Å². The van der Waals surface area contributed by atoms with Gasteiger partial charge < -0.3 is 0 Å². The minimum Gasteiger partial charge on any atom is -0.295 e. The van der Waals surface area contributed by atoms with Crippen LogP contribution in [0.3, 0.4) is 0 Å². The molecule has 62 valence electrons. The van der Waals surface area contributed by atoms with Crippen LogP contribution in [0.15, 0.2) is 29.3 Å².